The van der Waals surface area contributed by atoms with Gasteiger partial charge >= 0.3 is 0 Å². The molecule has 25 heavy (non-hydrogen) atoms. The zero-order valence-corrected chi connectivity index (χ0v) is 15.4. The molecule has 2 heterocycles. The number of anilines is 1. The third-order valence-corrected chi connectivity index (χ3v) is 5.26. The number of nitrogens with one attached hydrogen (secondary N) is 3. The minimum Gasteiger partial charge on any atom is -0.331 e. The topological polar surface area (TPSA) is 66.0 Å². The van der Waals surface area contributed by atoms with Crippen LogP contribution < -0.4 is 16.2 Å². The molecule has 1 amide bonds. The minimum absolute atomic E-state index is 0.195. The van der Waals surface area contributed by atoms with Gasteiger partial charge in [0.05, 0.1) is 5.69 Å². The molecule has 0 fully saturated rings. The third-order valence-electron chi connectivity index (χ3n) is 3.16. The fraction of sp³-hybridized carbons (Fsp3) is 0.0625. The lowest BCUT2D eigenvalue weighted by atomic mass is 10.3. The van der Waals surface area contributed by atoms with Crippen molar-refractivity contribution in [2.45, 2.75) is 6.92 Å². The molecule has 0 aliphatic rings. The molecule has 0 unspecified atom stereocenters. The van der Waals surface area contributed by atoms with Crippen molar-refractivity contribution >= 4 is 51.6 Å². The Labute approximate surface area is 156 Å². The first-order valence-electron chi connectivity index (χ1n) is 7.16. The Bertz CT molecular complexity index is 891. The first-order chi connectivity index (χ1) is 12.0. The van der Waals surface area contributed by atoms with Gasteiger partial charge in [0.15, 0.2) is 5.11 Å². The van der Waals surface area contributed by atoms with Gasteiger partial charge in [0, 0.05) is 16.6 Å². The molecule has 5 nitrogen and oxygen atoms in total. The minimum atomic E-state index is -0.333. The maximum atomic E-state index is 12.9. The third kappa shape index (κ3) is 4.38. The molecule has 0 saturated heterocycles. The van der Waals surface area contributed by atoms with Crippen molar-refractivity contribution in [2.75, 3.05) is 5.32 Å². The van der Waals surface area contributed by atoms with Crippen molar-refractivity contribution in [3.8, 4) is 10.6 Å². The number of hydrogen-bond donors (Lipinski definition) is 3. The van der Waals surface area contributed by atoms with E-state index in [4.69, 9.17) is 12.2 Å². The Balaban J connectivity index is 1.59. The first-order valence-corrected chi connectivity index (χ1v) is 9.32. The number of aryl methyl sites for hydroxylation is 1. The Morgan fingerprint density at radius 3 is 2.64 bits per heavy atom. The summed E-state index contributed by atoms with van der Waals surface area (Å²) in [6, 6.07) is 7.69. The van der Waals surface area contributed by atoms with E-state index in [-0.39, 0.29) is 16.8 Å². The van der Waals surface area contributed by atoms with E-state index in [0.29, 0.717) is 16.3 Å². The summed E-state index contributed by atoms with van der Waals surface area (Å²) in [6.07, 6.45) is 0. The zero-order chi connectivity index (χ0) is 17.8. The largest absolute Gasteiger partial charge is 0.331 e. The predicted molar refractivity (Wildman–Crippen MR) is 103 cm³/mol. The molecule has 0 saturated carbocycles. The number of aromatic nitrogens is 1. The Morgan fingerprint density at radius 2 is 1.96 bits per heavy atom. The Morgan fingerprint density at radius 1 is 1.20 bits per heavy atom. The van der Waals surface area contributed by atoms with E-state index >= 15 is 0 Å². The number of carbonyl (C=O) groups is 1. The van der Waals surface area contributed by atoms with Crippen LogP contribution >= 0.6 is 34.9 Å². The fourth-order valence-corrected chi connectivity index (χ4v) is 3.82. The molecular formula is C16H13FN4OS3. The second-order valence-corrected chi connectivity index (χ2v) is 7.17. The van der Waals surface area contributed by atoms with E-state index in [9.17, 15) is 9.18 Å². The Hall–Kier alpha value is -2.36. The lowest BCUT2D eigenvalue weighted by Gasteiger charge is -2.11. The van der Waals surface area contributed by atoms with Gasteiger partial charge in [0.1, 0.15) is 15.7 Å². The summed E-state index contributed by atoms with van der Waals surface area (Å²) in [5, 5.41) is 7.79. The number of thiazole rings is 1. The van der Waals surface area contributed by atoms with Crippen molar-refractivity contribution in [3.05, 3.63) is 57.5 Å². The number of thiocarbonyl (C=S) groups is 1. The van der Waals surface area contributed by atoms with E-state index in [2.05, 4.69) is 21.2 Å². The molecule has 9 heteroatoms. The second kappa shape index (κ2) is 7.68. The summed E-state index contributed by atoms with van der Waals surface area (Å²) in [4.78, 5) is 17.3. The molecule has 2 aromatic heterocycles. The molecule has 3 aromatic rings. The number of hydrazine groups is 1. The smallest absolute Gasteiger partial charge is 0.281 e. The van der Waals surface area contributed by atoms with Crippen molar-refractivity contribution in [1.29, 1.82) is 0 Å². The highest BCUT2D eigenvalue weighted by Gasteiger charge is 2.16. The highest BCUT2D eigenvalue weighted by molar-refractivity contribution is 7.80. The SMILES string of the molecule is Cc1nc(-c2ccsc2)sc1C(=O)NNC(=S)Nc1ccc(F)cc1. The molecular weight excluding hydrogens is 379 g/mol. The summed E-state index contributed by atoms with van der Waals surface area (Å²) in [6.45, 7) is 1.79. The van der Waals surface area contributed by atoms with Crippen molar-refractivity contribution < 1.29 is 9.18 Å². The summed E-state index contributed by atoms with van der Waals surface area (Å²) in [7, 11) is 0. The van der Waals surface area contributed by atoms with E-state index in [1.54, 1.807) is 30.4 Å². The second-order valence-electron chi connectivity index (χ2n) is 4.99. The van der Waals surface area contributed by atoms with Crippen LogP contribution in [0.25, 0.3) is 10.6 Å². The number of benzene rings is 1. The van der Waals surface area contributed by atoms with E-state index in [1.807, 2.05) is 16.8 Å². The summed E-state index contributed by atoms with van der Waals surface area (Å²) < 4.78 is 12.9. The lowest BCUT2D eigenvalue weighted by Crippen LogP contribution is -2.43. The fourth-order valence-electron chi connectivity index (χ4n) is 1.98. The molecule has 0 atom stereocenters. The van der Waals surface area contributed by atoms with Crippen LogP contribution in [-0.2, 0) is 0 Å². The highest BCUT2D eigenvalue weighted by atomic mass is 32.1. The van der Waals surface area contributed by atoms with Gasteiger partial charge in [-0.1, -0.05) is 0 Å². The van der Waals surface area contributed by atoms with Crippen LogP contribution in [-0.4, -0.2) is 16.0 Å². The quantitative estimate of drug-likeness (QED) is 0.465. The van der Waals surface area contributed by atoms with Crippen LogP contribution in [0.3, 0.4) is 0 Å². The van der Waals surface area contributed by atoms with Crippen molar-refractivity contribution in [1.82, 2.24) is 15.8 Å². The number of hydrogen-bond acceptors (Lipinski definition) is 5. The molecule has 0 aliphatic carbocycles. The van der Waals surface area contributed by atoms with Gasteiger partial charge in [0.2, 0.25) is 0 Å². The number of amides is 1. The summed E-state index contributed by atoms with van der Waals surface area (Å²) >= 11 is 8.00. The molecule has 3 N–H and O–H groups in total. The van der Waals surface area contributed by atoms with E-state index < -0.39 is 0 Å². The molecule has 1 aromatic carbocycles. The molecule has 3 rings (SSSR count). The van der Waals surface area contributed by atoms with Crippen molar-refractivity contribution in [3.63, 3.8) is 0 Å². The highest BCUT2D eigenvalue weighted by Crippen LogP contribution is 2.29. The molecule has 0 bridgehead atoms. The first kappa shape index (κ1) is 17.5. The van der Waals surface area contributed by atoms with Gasteiger partial charge in [-0.15, -0.1) is 11.3 Å². The average molecular weight is 393 g/mol. The monoisotopic (exact) mass is 392 g/mol. The number of thiophene rings is 1. The maximum absolute atomic E-state index is 12.9. The van der Waals surface area contributed by atoms with Gasteiger partial charge in [-0.2, -0.15) is 11.3 Å². The summed E-state index contributed by atoms with van der Waals surface area (Å²) in [5.41, 5.74) is 7.43. The van der Waals surface area contributed by atoms with Crippen LogP contribution in [0.1, 0.15) is 15.4 Å². The average Bonchev–Trinajstić information content (AvgIpc) is 3.24. The zero-order valence-electron chi connectivity index (χ0n) is 13.0. The van der Waals surface area contributed by atoms with Gasteiger partial charge in [0.25, 0.3) is 5.91 Å². The predicted octanol–water partition coefficient (Wildman–Crippen LogP) is 3.95. The van der Waals surface area contributed by atoms with Gasteiger partial charge in [-0.05, 0) is 54.9 Å². The van der Waals surface area contributed by atoms with Crippen LogP contribution in [0.5, 0.6) is 0 Å². The number of rotatable bonds is 3. The van der Waals surface area contributed by atoms with Crippen LogP contribution in [0, 0.1) is 12.7 Å². The van der Waals surface area contributed by atoms with Crippen molar-refractivity contribution in [2.24, 2.45) is 0 Å². The number of halogens is 1. The van der Waals surface area contributed by atoms with Gasteiger partial charge in [-0.3, -0.25) is 15.6 Å². The van der Waals surface area contributed by atoms with Gasteiger partial charge in [-0.25, -0.2) is 9.37 Å². The maximum Gasteiger partial charge on any atom is 0.281 e. The van der Waals surface area contributed by atoms with E-state index in [1.165, 1.54) is 23.5 Å². The van der Waals surface area contributed by atoms with Crippen LogP contribution in [0.15, 0.2) is 41.1 Å². The summed E-state index contributed by atoms with van der Waals surface area (Å²) in [5.74, 6) is -0.653. The van der Waals surface area contributed by atoms with Gasteiger partial charge < -0.3 is 5.32 Å². The normalized spacial score (nSPS) is 10.3. The molecule has 128 valence electrons. The molecule has 0 spiro atoms. The molecule has 0 aliphatic heterocycles. The van der Waals surface area contributed by atoms with Crippen LogP contribution in [0.2, 0.25) is 0 Å². The Kier molecular flexibility index (Phi) is 5.37. The number of nitrogens with zero attached hydrogens (tertiary/aromatic N) is 1. The standard InChI is InChI=1S/C16H13FN4OS3/c1-9-13(25-15(18-9)10-6-7-24-8-10)14(22)20-21-16(23)19-12-4-2-11(17)3-5-12/h2-8H,1H3,(H,20,22)(H2,19,21,23). The van der Waals surface area contributed by atoms with E-state index in [0.717, 1.165) is 10.6 Å². The molecule has 0 radical (unpaired) electrons. The lowest BCUT2D eigenvalue weighted by molar-refractivity contribution is 0.0947. The number of carbonyl (C=O) groups excluding carboxylic acids is 1. The van der Waals surface area contributed by atoms with Crippen LogP contribution in [0.4, 0.5) is 10.1 Å².